The van der Waals surface area contributed by atoms with Gasteiger partial charge in [0, 0.05) is 25.4 Å². The Morgan fingerprint density at radius 1 is 1.29 bits per heavy atom. The number of ether oxygens (including phenoxy) is 1. The van der Waals surface area contributed by atoms with E-state index >= 15 is 0 Å². The normalized spacial score (nSPS) is 16.4. The zero-order valence-corrected chi connectivity index (χ0v) is 14.0. The number of fused-ring (bicyclic) bond motifs is 1. The summed E-state index contributed by atoms with van der Waals surface area (Å²) >= 11 is 5.93. The largest absolute Gasteiger partial charge is 0.464 e. The Balaban J connectivity index is 1.96. The predicted octanol–water partition coefficient (Wildman–Crippen LogP) is 2.87. The number of aromatic nitrogens is 1. The molecule has 2 heterocycles. The van der Waals surface area contributed by atoms with Crippen molar-refractivity contribution in [2.24, 2.45) is 0 Å². The third-order valence-corrected chi connectivity index (χ3v) is 4.23. The lowest BCUT2D eigenvalue weighted by Crippen LogP contribution is -2.49. The molecule has 1 amide bonds. The van der Waals surface area contributed by atoms with Gasteiger partial charge in [-0.1, -0.05) is 35.9 Å². The van der Waals surface area contributed by atoms with Crippen LogP contribution in [-0.4, -0.2) is 34.4 Å². The minimum atomic E-state index is -0.647. The summed E-state index contributed by atoms with van der Waals surface area (Å²) in [6, 6.07) is 8.70. The van der Waals surface area contributed by atoms with Crippen LogP contribution in [0.2, 0.25) is 5.02 Å². The number of halogens is 1. The van der Waals surface area contributed by atoms with E-state index in [9.17, 15) is 9.59 Å². The Bertz CT molecular complexity index is 778. The van der Waals surface area contributed by atoms with E-state index < -0.39 is 12.0 Å². The number of benzene rings is 1. The van der Waals surface area contributed by atoms with Crippen molar-refractivity contribution in [2.45, 2.75) is 25.9 Å². The van der Waals surface area contributed by atoms with Gasteiger partial charge >= 0.3 is 5.97 Å². The number of rotatable bonds is 3. The van der Waals surface area contributed by atoms with Crippen LogP contribution in [0.5, 0.6) is 0 Å². The number of carbonyl (C=O) groups excluding carboxylic acids is 2. The highest BCUT2D eigenvalue weighted by Crippen LogP contribution is 2.26. The minimum absolute atomic E-state index is 0.276. The first-order valence-corrected chi connectivity index (χ1v) is 8.13. The number of pyridine rings is 1. The molecule has 0 fully saturated rings. The van der Waals surface area contributed by atoms with Crippen LogP contribution in [0.25, 0.3) is 0 Å². The molecule has 0 bridgehead atoms. The zero-order valence-electron chi connectivity index (χ0n) is 13.2. The SMILES string of the molecule is CCOC(=O)C1Cc2ccccc2CN1C(=O)c1cncc(Cl)c1. The average molecular weight is 345 g/mol. The second-order valence-electron chi connectivity index (χ2n) is 5.57. The topological polar surface area (TPSA) is 59.5 Å². The number of nitrogens with zero attached hydrogens (tertiary/aromatic N) is 2. The molecule has 2 aromatic rings. The fraction of sp³-hybridized carbons (Fsp3) is 0.278. The summed E-state index contributed by atoms with van der Waals surface area (Å²) in [7, 11) is 0. The molecule has 0 radical (unpaired) electrons. The molecule has 24 heavy (non-hydrogen) atoms. The van der Waals surface area contributed by atoms with Crippen LogP contribution in [0, 0.1) is 0 Å². The summed E-state index contributed by atoms with van der Waals surface area (Å²) in [5.41, 5.74) is 2.45. The maximum atomic E-state index is 12.9. The smallest absolute Gasteiger partial charge is 0.329 e. The Hall–Kier alpha value is -2.40. The molecule has 6 heteroatoms. The molecule has 1 aromatic carbocycles. The summed E-state index contributed by atoms with van der Waals surface area (Å²) in [4.78, 5) is 30.8. The second-order valence-corrected chi connectivity index (χ2v) is 6.00. The lowest BCUT2D eigenvalue weighted by atomic mass is 9.93. The lowest BCUT2D eigenvalue weighted by Gasteiger charge is -2.35. The van der Waals surface area contributed by atoms with Crippen molar-refractivity contribution in [2.75, 3.05) is 6.61 Å². The van der Waals surface area contributed by atoms with E-state index in [1.54, 1.807) is 13.0 Å². The molecule has 0 saturated heterocycles. The Labute approximate surface area is 145 Å². The minimum Gasteiger partial charge on any atom is -0.464 e. The number of hydrogen-bond acceptors (Lipinski definition) is 4. The van der Waals surface area contributed by atoms with E-state index in [2.05, 4.69) is 4.98 Å². The molecule has 0 saturated carbocycles. The molecule has 1 atom stereocenters. The van der Waals surface area contributed by atoms with Gasteiger partial charge in [-0.3, -0.25) is 9.78 Å². The highest BCUT2D eigenvalue weighted by molar-refractivity contribution is 6.30. The first kappa shape index (κ1) is 16.5. The van der Waals surface area contributed by atoms with Crippen LogP contribution >= 0.6 is 11.6 Å². The van der Waals surface area contributed by atoms with E-state index in [1.807, 2.05) is 24.3 Å². The summed E-state index contributed by atoms with van der Waals surface area (Å²) in [6.45, 7) is 2.38. The number of carbonyl (C=O) groups is 2. The molecular formula is C18H17ClN2O3. The van der Waals surface area contributed by atoms with Gasteiger partial charge in [0.1, 0.15) is 6.04 Å². The maximum absolute atomic E-state index is 12.9. The van der Waals surface area contributed by atoms with Crippen LogP contribution in [-0.2, 0) is 22.5 Å². The van der Waals surface area contributed by atoms with Crippen LogP contribution in [0.4, 0.5) is 0 Å². The van der Waals surface area contributed by atoms with Crippen LogP contribution in [0.3, 0.4) is 0 Å². The van der Waals surface area contributed by atoms with Crippen molar-refractivity contribution >= 4 is 23.5 Å². The van der Waals surface area contributed by atoms with Gasteiger partial charge in [-0.2, -0.15) is 0 Å². The van der Waals surface area contributed by atoms with Gasteiger partial charge in [0.2, 0.25) is 0 Å². The summed E-state index contributed by atoms with van der Waals surface area (Å²) in [5, 5.41) is 0.381. The van der Waals surface area contributed by atoms with Gasteiger partial charge in [0.25, 0.3) is 5.91 Å². The molecule has 1 aromatic heterocycles. The van der Waals surface area contributed by atoms with E-state index in [4.69, 9.17) is 16.3 Å². The molecule has 5 nitrogen and oxygen atoms in total. The lowest BCUT2D eigenvalue weighted by molar-refractivity contribution is -0.149. The van der Waals surface area contributed by atoms with Gasteiger partial charge in [0.05, 0.1) is 17.2 Å². The first-order valence-electron chi connectivity index (χ1n) is 7.75. The molecule has 1 aliphatic heterocycles. The Kier molecular flexibility index (Phi) is 4.81. The highest BCUT2D eigenvalue weighted by atomic mass is 35.5. The Morgan fingerprint density at radius 3 is 2.75 bits per heavy atom. The van der Waals surface area contributed by atoms with Crippen LogP contribution in [0.15, 0.2) is 42.7 Å². The van der Waals surface area contributed by atoms with Gasteiger partial charge < -0.3 is 9.64 Å². The molecule has 0 aliphatic carbocycles. The standard InChI is InChI=1S/C18H17ClN2O3/c1-2-24-18(23)16-8-12-5-3-4-6-13(12)11-21(16)17(22)14-7-15(19)10-20-9-14/h3-7,9-10,16H,2,8,11H2,1H3. The molecule has 0 spiro atoms. The second kappa shape index (κ2) is 7.01. The van der Waals surface area contributed by atoms with E-state index in [0.717, 1.165) is 11.1 Å². The number of amides is 1. The van der Waals surface area contributed by atoms with Crippen molar-refractivity contribution in [1.82, 2.24) is 9.88 Å². The number of hydrogen-bond donors (Lipinski definition) is 0. The molecule has 1 aliphatic rings. The van der Waals surface area contributed by atoms with Crippen LogP contribution < -0.4 is 0 Å². The van der Waals surface area contributed by atoms with E-state index in [-0.39, 0.29) is 12.5 Å². The summed E-state index contributed by atoms with van der Waals surface area (Å²) < 4.78 is 5.16. The van der Waals surface area contributed by atoms with Crippen molar-refractivity contribution in [1.29, 1.82) is 0 Å². The monoisotopic (exact) mass is 344 g/mol. The van der Waals surface area contributed by atoms with Crippen molar-refractivity contribution in [3.8, 4) is 0 Å². The van der Waals surface area contributed by atoms with Gasteiger partial charge in [-0.25, -0.2) is 4.79 Å². The van der Waals surface area contributed by atoms with Crippen molar-refractivity contribution in [3.05, 3.63) is 64.4 Å². The molecule has 1 unspecified atom stereocenters. The maximum Gasteiger partial charge on any atom is 0.329 e. The summed E-state index contributed by atoms with van der Waals surface area (Å²) in [6.07, 6.45) is 3.36. The molecule has 0 N–H and O–H groups in total. The Morgan fingerprint density at radius 2 is 2.04 bits per heavy atom. The summed E-state index contributed by atoms with van der Waals surface area (Å²) in [5.74, 6) is -0.673. The fourth-order valence-corrected chi connectivity index (χ4v) is 3.05. The molecular weight excluding hydrogens is 328 g/mol. The third kappa shape index (κ3) is 3.26. The first-order chi connectivity index (χ1) is 11.6. The molecule has 3 rings (SSSR count). The van der Waals surface area contributed by atoms with Crippen molar-refractivity contribution in [3.63, 3.8) is 0 Å². The van der Waals surface area contributed by atoms with E-state index in [0.29, 0.717) is 23.6 Å². The molecule has 124 valence electrons. The fourth-order valence-electron chi connectivity index (χ4n) is 2.88. The number of esters is 1. The van der Waals surface area contributed by atoms with Crippen molar-refractivity contribution < 1.29 is 14.3 Å². The van der Waals surface area contributed by atoms with Gasteiger partial charge in [-0.05, 0) is 24.1 Å². The highest BCUT2D eigenvalue weighted by Gasteiger charge is 2.36. The van der Waals surface area contributed by atoms with Gasteiger partial charge in [-0.15, -0.1) is 0 Å². The quantitative estimate of drug-likeness (QED) is 0.803. The van der Waals surface area contributed by atoms with Gasteiger partial charge in [0.15, 0.2) is 0 Å². The van der Waals surface area contributed by atoms with E-state index in [1.165, 1.54) is 17.3 Å². The van der Waals surface area contributed by atoms with Crippen LogP contribution in [0.1, 0.15) is 28.4 Å². The third-order valence-electron chi connectivity index (χ3n) is 4.02. The predicted molar refractivity (Wildman–Crippen MR) is 89.7 cm³/mol. The average Bonchev–Trinajstić information content (AvgIpc) is 2.60. The zero-order chi connectivity index (χ0) is 17.1.